The fraction of sp³-hybridized carbons (Fsp3) is 0.312. The summed E-state index contributed by atoms with van der Waals surface area (Å²) in [5.41, 5.74) is 2.74. The summed E-state index contributed by atoms with van der Waals surface area (Å²) in [7, 11) is 5.08. The Bertz CT molecular complexity index is 926. The molecule has 2 aromatic heterocycles. The van der Waals surface area contributed by atoms with E-state index in [9.17, 15) is 4.79 Å². The van der Waals surface area contributed by atoms with Crippen molar-refractivity contribution in [1.82, 2.24) is 19.3 Å². The summed E-state index contributed by atoms with van der Waals surface area (Å²) >= 11 is 0. The van der Waals surface area contributed by atoms with Crippen LogP contribution in [0.25, 0.3) is 11.0 Å². The van der Waals surface area contributed by atoms with Gasteiger partial charge in [0.05, 0.1) is 12.8 Å². The van der Waals surface area contributed by atoms with Gasteiger partial charge < -0.3 is 10.1 Å². The van der Waals surface area contributed by atoms with E-state index in [0.717, 1.165) is 17.0 Å². The van der Waals surface area contributed by atoms with Crippen molar-refractivity contribution in [3.63, 3.8) is 0 Å². The van der Waals surface area contributed by atoms with E-state index in [-0.39, 0.29) is 5.56 Å². The van der Waals surface area contributed by atoms with Gasteiger partial charge >= 0.3 is 0 Å². The maximum absolute atomic E-state index is 12.5. The van der Waals surface area contributed by atoms with Crippen molar-refractivity contribution in [3.8, 4) is 5.75 Å². The predicted octanol–water partition coefficient (Wildman–Crippen LogP) is 1.60. The van der Waals surface area contributed by atoms with Gasteiger partial charge in [0, 0.05) is 26.2 Å². The molecule has 0 aliphatic rings. The zero-order valence-corrected chi connectivity index (χ0v) is 13.6. The van der Waals surface area contributed by atoms with Crippen molar-refractivity contribution in [3.05, 3.63) is 45.9 Å². The highest BCUT2D eigenvalue weighted by atomic mass is 16.5. The molecule has 0 bridgehead atoms. The molecule has 1 aromatic carbocycles. The Morgan fingerprint density at radius 2 is 2.00 bits per heavy atom. The summed E-state index contributed by atoms with van der Waals surface area (Å²) in [5, 5.41) is 7.48. The van der Waals surface area contributed by atoms with Gasteiger partial charge in [-0.05, 0) is 13.0 Å². The minimum absolute atomic E-state index is 0.124. The molecule has 0 unspecified atom stereocenters. The Labute approximate surface area is 133 Å². The van der Waals surface area contributed by atoms with Crippen LogP contribution in [-0.2, 0) is 20.6 Å². The third-order valence-corrected chi connectivity index (χ3v) is 3.86. The van der Waals surface area contributed by atoms with E-state index < -0.39 is 0 Å². The largest absolute Gasteiger partial charge is 0.496 e. The Kier molecular flexibility index (Phi) is 3.77. The monoisotopic (exact) mass is 313 g/mol. The van der Waals surface area contributed by atoms with E-state index in [1.807, 2.05) is 31.2 Å². The van der Waals surface area contributed by atoms with E-state index in [1.165, 1.54) is 4.57 Å². The lowest BCUT2D eigenvalue weighted by Gasteiger charge is -2.12. The lowest BCUT2D eigenvalue weighted by molar-refractivity contribution is 0.410. The Hall–Kier alpha value is -2.83. The first-order chi connectivity index (χ1) is 11.0. The highest BCUT2D eigenvalue weighted by Crippen LogP contribution is 2.19. The average molecular weight is 313 g/mol. The van der Waals surface area contributed by atoms with Crippen LogP contribution in [-0.4, -0.2) is 26.4 Å². The lowest BCUT2D eigenvalue weighted by Crippen LogP contribution is -2.23. The quantitative estimate of drug-likeness (QED) is 0.792. The van der Waals surface area contributed by atoms with Crippen LogP contribution >= 0.6 is 0 Å². The average Bonchev–Trinajstić information content (AvgIpc) is 2.83. The fourth-order valence-corrected chi connectivity index (χ4v) is 2.64. The van der Waals surface area contributed by atoms with E-state index in [1.54, 1.807) is 25.9 Å². The normalized spacial score (nSPS) is 11.0. The SMILES string of the molecule is COc1ccccc1CNc1nc2c(C)nn(C)c2c(=O)n1C. The van der Waals surface area contributed by atoms with E-state index >= 15 is 0 Å². The summed E-state index contributed by atoms with van der Waals surface area (Å²) in [4.78, 5) is 17.1. The summed E-state index contributed by atoms with van der Waals surface area (Å²) in [6.07, 6.45) is 0. The Morgan fingerprint density at radius 1 is 1.26 bits per heavy atom. The third-order valence-electron chi connectivity index (χ3n) is 3.86. The van der Waals surface area contributed by atoms with Crippen molar-refractivity contribution in [1.29, 1.82) is 0 Å². The van der Waals surface area contributed by atoms with Gasteiger partial charge in [0.15, 0.2) is 5.52 Å². The van der Waals surface area contributed by atoms with E-state index in [2.05, 4.69) is 15.4 Å². The third kappa shape index (κ3) is 2.54. The number of hydrogen-bond donors (Lipinski definition) is 1. The predicted molar refractivity (Wildman–Crippen MR) is 88.8 cm³/mol. The molecule has 23 heavy (non-hydrogen) atoms. The van der Waals surface area contributed by atoms with E-state index in [0.29, 0.717) is 23.5 Å². The van der Waals surface area contributed by atoms with Crippen molar-refractivity contribution in [2.45, 2.75) is 13.5 Å². The number of nitrogens with zero attached hydrogens (tertiary/aromatic N) is 4. The molecule has 0 amide bonds. The molecule has 120 valence electrons. The lowest BCUT2D eigenvalue weighted by atomic mass is 10.2. The number of anilines is 1. The van der Waals surface area contributed by atoms with Gasteiger partial charge in [0.1, 0.15) is 11.3 Å². The Balaban J connectivity index is 1.99. The highest BCUT2D eigenvalue weighted by molar-refractivity contribution is 5.77. The molecule has 0 atom stereocenters. The number of hydrogen-bond acceptors (Lipinski definition) is 5. The standard InChI is InChI=1S/C16H19N5O2/c1-10-13-14(21(3)19-10)15(22)20(2)16(18-13)17-9-11-7-5-6-8-12(11)23-4/h5-8H,9H2,1-4H3,(H,17,18). The van der Waals surface area contributed by atoms with Gasteiger partial charge in [-0.1, -0.05) is 18.2 Å². The maximum Gasteiger partial charge on any atom is 0.280 e. The first kappa shape index (κ1) is 15.1. The van der Waals surface area contributed by atoms with Gasteiger partial charge in [0.2, 0.25) is 5.95 Å². The number of fused-ring (bicyclic) bond motifs is 1. The van der Waals surface area contributed by atoms with Crippen molar-refractivity contribution < 1.29 is 4.74 Å². The maximum atomic E-state index is 12.5. The molecule has 7 heteroatoms. The molecule has 0 radical (unpaired) electrons. The molecular weight excluding hydrogens is 294 g/mol. The number of ether oxygens (including phenoxy) is 1. The smallest absolute Gasteiger partial charge is 0.280 e. The molecule has 7 nitrogen and oxygen atoms in total. The van der Waals surface area contributed by atoms with Crippen LogP contribution in [0.2, 0.25) is 0 Å². The second-order valence-corrected chi connectivity index (χ2v) is 5.37. The van der Waals surface area contributed by atoms with Gasteiger partial charge in [-0.2, -0.15) is 5.10 Å². The van der Waals surface area contributed by atoms with Gasteiger partial charge in [-0.3, -0.25) is 14.0 Å². The molecule has 2 heterocycles. The summed E-state index contributed by atoms with van der Waals surface area (Å²) in [6.45, 7) is 2.36. The fourth-order valence-electron chi connectivity index (χ4n) is 2.64. The number of nitrogens with one attached hydrogen (secondary N) is 1. The van der Waals surface area contributed by atoms with E-state index in [4.69, 9.17) is 4.74 Å². The molecule has 3 aromatic rings. The second-order valence-electron chi connectivity index (χ2n) is 5.37. The molecule has 0 aliphatic carbocycles. The number of aryl methyl sites for hydroxylation is 2. The summed E-state index contributed by atoms with van der Waals surface area (Å²) < 4.78 is 8.41. The van der Waals surface area contributed by atoms with Crippen molar-refractivity contribution in [2.24, 2.45) is 14.1 Å². The molecular formula is C16H19N5O2. The first-order valence-electron chi connectivity index (χ1n) is 7.29. The highest BCUT2D eigenvalue weighted by Gasteiger charge is 2.15. The summed E-state index contributed by atoms with van der Waals surface area (Å²) in [5.74, 6) is 1.30. The molecule has 0 aliphatic heterocycles. The number of benzene rings is 1. The number of aromatic nitrogens is 4. The molecule has 0 fully saturated rings. The molecule has 1 N–H and O–H groups in total. The summed E-state index contributed by atoms with van der Waals surface area (Å²) in [6, 6.07) is 7.73. The second kappa shape index (κ2) is 5.75. The van der Waals surface area contributed by atoms with Crippen LogP contribution < -0.4 is 15.6 Å². The van der Waals surface area contributed by atoms with Crippen LogP contribution in [0.5, 0.6) is 5.75 Å². The van der Waals surface area contributed by atoms with Gasteiger partial charge in [-0.25, -0.2) is 4.98 Å². The first-order valence-corrected chi connectivity index (χ1v) is 7.29. The van der Waals surface area contributed by atoms with Crippen molar-refractivity contribution >= 4 is 17.0 Å². The van der Waals surface area contributed by atoms with Crippen LogP contribution in [0.3, 0.4) is 0 Å². The molecule has 0 saturated carbocycles. The van der Waals surface area contributed by atoms with Crippen LogP contribution in [0.1, 0.15) is 11.3 Å². The minimum atomic E-state index is -0.124. The molecule has 3 rings (SSSR count). The minimum Gasteiger partial charge on any atom is -0.496 e. The van der Waals surface area contributed by atoms with Crippen molar-refractivity contribution in [2.75, 3.05) is 12.4 Å². The Morgan fingerprint density at radius 3 is 2.74 bits per heavy atom. The van der Waals surface area contributed by atoms with Gasteiger partial charge in [0.25, 0.3) is 5.56 Å². The van der Waals surface area contributed by atoms with Crippen LogP contribution in [0.4, 0.5) is 5.95 Å². The zero-order chi connectivity index (χ0) is 16.6. The molecule has 0 spiro atoms. The van der Waals surface area contributed by atoms with Gasteiger partial charge in [-0.15, -0.1) is 0 Å². The molecule has 0 saturated heterocycles. The zero-order valence-electron chi connectivity index (χ0n) is 13.6. The number of para-hydroxylation sites is 1. The van der Waals surface area contributed by atoms with Crippen LogP contribution in [0.15, 0.2) is 29.1 Å². The topological polar surface area (TPSA) is 74.0 Å². The van der Waals surface area contributed by atoms with Crippen LogP contribution in [0, 0.1) is 6.92 Å². The number of methoxy groups -OCH3 is 1. The number of rotatable bonds is 4.